The van der Waals surface area contributed by atoms with Crippen molar-refractivity contribution in [3.05, 3.63) is 5.82 Å². The van der Waals surface area contributed by atoms with Crippen LogP contribution in [-0.2, 0) is 10.2 Å². The van der Waals surface area contributed by atoms with Crippen molar-refractivity contribution in [2.45, 2.75) is 70.0 Å². The number of amides is 1. The summed E-state index contributed by atoms with van der Waals surface area (Å²) in [5.41, 5.74) is -0.166. The van der Waals surface area contributed by atoms with Gasteiger partial charge in [0.1, 0.15) is 0 Å². The van der Waals surface area contributed by atoms with Crippen molar-refractivity contribution in [1.82, 2.24) is 20.2 Å². The van der Waals surface area contributed by atoms with E-state index in [4.69, 9.17) is 5.84 Å². The highest BCUT2D eigenvalue weighted by atomic mass is 32.2. The number of nitrogens with two attached hydrogens (primary N) is 1. The molecule has 1 aliphatic carbocycles. The average molecular weight is 325 g/mol. The minimum atomic E-state index is -0.166. The van der Waals surface area contributed by atoms with Crippen molar-refractivity contribution in [2.75, 3.05) is 11.6 Å². The first kappa shape index (κ1) is 17.1. The van der Waals surface area contributed by atoms with Gasteiger partial charge in [-0.1, -0.05) is 52.3 Å². The third-order valence-electron chi connectivity index (χ3n) is 4.13. The Kier molecular flexibility index (Phi) is 5.36. The number of hydrogen-bond acceptors (Lipinski definition) is 5. The number of rotatable bonds is 4. The minimum absolute atomic E-state index is 0.0454. The Morgan fingerprint density at radius 3 is 2.64 bits per heavy atom. The maximum atomic E-state index is 12.1. The molecule has 0 aromatic carbocycles. The Bertz CT molecular complexity index is 522. The first-order valence-electron chi connectivity index (χ1n) is 7.92. The Labute approximate surface area is 136 Å². The predicted molar refractivity (Wildman–Crippen MR) is 89.2 cm³/mol. The van der Waals surface area contributed by atoms with Gasteiger partial charge in [-0.05, 0) is 18.8 Å². The number of nitrogen functional groups attached to an aromatic ring is 1. The molecule has 1 aliphatic rings. The molecule has 7 heteroatoms. The summed E-state index contributed by atoms with van der Waals surface area (Å²) in [5, 5.41) is 11.9. The molecule has 0 spiro atoms. The lowest BCUT2D eigenvalue weighted by molar-refractivity contribution is -0.119. The molecule has 0 radical (unpaired) electrons. The number of aromatic nitrogens is 3. The third-order valence-corrected chi connectivity index (χ3v) is 5.07. The van der Waals surface area contributed by atoms with Crippen LogP contribution in [-0.4, -0.2) is 32.6 Å². The first-order chi connectivity index (χ1) is 10.3. The molecule has 0 saturated heterocycles. The fraction of sp³-hybridized carbons (Fsp3) is 0.800. The Morgan fingerprint density at radius 1 is 1.36 bits per heavy atom. The van der Waals surface area contributed by atoms with Gasteiger partial charge in [0, 0.05) is 11.5 Å². The zero-order valence-electron chi connectivity index (χ0n) is 13.9. The van der Waals surface area contributed by atoms with Gasteiger partial charge in [0.25, 0.3) is 0 Å². The minimum Gasteiger partial charge on any atom is -0.352 e. The molecule has 0 aliphatic heterocycles. The number of carbonyl (C=O) groups is 1. The monoisotopic (exact) mass is 325 g/mol. The van der Waals surface area contributed by atoms with Crippen LogP contribution in [0.2, 0.25) is 0 Å². The van der Waals surface area contributed by atoms with Crippen molar-refractivity contribution >= 4 is 17.7 Å². The Morgan fingerprint density at radius 2 is 2.05 bits per heavy atom. The molecule has 2 rings (SSSR count). The predicted octanol–water partition coefficient (Wildman–Crippen LogP) is 2.08. The molecule has 22 heavy (non-hydrogen) atoms. The van der Waals surface area contributed by atoms with E-state index < -0.39 is 0 Å². The summed E-state index contributed by atoms with van der Waals surface area (Å²) >= 11 is 1.33. The molecule has 1 fully saturated rings. The summed E-state index contributed by atoms with van der Waals surface area (Å²) in [6.45, 7) is 8.31. The highest BCUT2D eigenvalue weighted by Crippen LogP contribution is 2.25. The Balaban J connectivity index is 1.87. The van der Waals surface area contributed by atoms with Crippen LogP contribution in [0.4, 0.5) is 0 Å². The van der Waals surface area contributed by atoms with E-state index in [1.165, 1.54) is 35.7 Å². The van der Waals surface area contributed by atoms with Crippen molar-refractivity contribution in [3.8, 4) is 0 Å². The fourth-order valence-corrected chi connectivity index (χ4v) is 3.46. The van der Waals surface area contributed by atoms with Crippen LogP contribution in [0.3, 0.4) is 0 Å². The van der Waals surface area contributed by atoms with Gasteiger partial charge >= 0.3 is 0 Å². The topological polar surface area (TPSA) is 85.8 Å². The van der Waals surface area contributed by atoms with Gasteiger partial charge in [0.15, 0.2) is 5.82 Å². The largest absolute Gasteiger partial charge is 0.352 e. The SMILES string of the molecule is C[C@H]1CCCC[C@H]1NC(=O)CSc1nnc(C(C)(C)C)n1N. The quantitative estimate of drug-likeness (QED) is 0.654. The summed E-state index contributed by atoms with van der Waals surface area (Å²) in [5.74, 6) is 7.67. The summed E-state index contributed by atoms with van der Waals surface area (Å²) in [7, 11) is 0. The molecular formula is C15H27N5OS. The van der Waals surface area contributed by atoms with Crippen LogP contribution in [0.15, 0.2) is 5.16 Å². The van der Waals surface area contributed by atoms with Gasteiger partial charge in [-0.15, -0.1) is 10.2 Å². The number of nitrogens with zero attached hydrogens (tertiary/aromatic N) is 3. The molecule has 0 unspecified atom stereocenters. The lowest BCUT2D eigenvalue weighted by atomic mass is 9.86. The van der Waals surface area contributed by atoms with Crippen LogP contribution < -0.4 is 11.2 Å². The van der Waals surface area contributed by atoms with Crippen LogP contribution in [0.5, 0.6) is 0 Å². The molecule has 3 N–H and O–H groups in total. The lowest BCUT2D eigenvalue weighted by Crippen LogP contribution is -2.41. The number of carbonyl (C=O) groups excluding carboxylic acids is 1. The second kappa shape index (κ2) is 6.89. The molecule has 1 aromatic heterocycles. The third kappa shape index (κ3) is 4.15. The van der Waals surface area contributed by atoms with Gasteiger partial charge in [-0.3, -0.25) is 4.79 Å². The van der Waals surface area contributed by atoms with Gasteiger partial charge in [-0.25, -0.2) is 4.68 Å². The fourth-order valence-electron chi connectivity index (χ4n) is 2.80. The summed E-state index contributed by atoms with van der Waals surface area (Å²) in [6.07, 6.45) is 4.76. The second-order valence-electron chi connectivity index (χ2n) is 7.15. The molecule has 1 heterocycles. The van der Waals surface area contributed by atoms with Gasteiger partial charge < -0.3 is 11.2 Å². The summed E-state index contributed by atoms with van der Waals surface area (Å²) < 4.78 is 1.49. The molecule has 1 aromatic rings. The normalized spacial score (nSPS) is 22.5. The van der Waals surface area contributed by atoms with Gasteiger partial charge in [0.2, 0.25) is 11.1 Å². The molecule has 1 saturated carbocycles. The van der Waals surface area contributed by atoms with Crippen molar-refractivity contribution in [3.63, 3.8) is 0 Å². The first-order valence-corrected chi connectivity index (χ1v) is 8.90. The van der Waals surface area contributed by atoms with Gasteiger partial charge in [-0.2, -0.15) is 0 Å². The molecule has 6 nitrogen and oxygen atoms in total. The van der Waals surface area contributed by atoms with Crippen molar-refractivity contribution in [2.24, 2.45) is 5.92 Å². The highest BCUT2D eigenvalue weighted by molar-refractivity contribution is 7.99. The van der Waals surface area contributed by atoms with E-state index in [9.17, 15) is 4.79 Å². The molecule has 0 bridgehead atoms. The van der Waals surface area contributed by atoms with Crippen molar-refractivity contribution < 1.29 is 4.79 Å². The Hall–Kier alpha value is -1.24. The molecule has 1 amide bonds. The second-order valence-corrected chi connectivity index (χ2v) is 8.09. The highest BCUT2D eigenvalue weighted by Gasteiger charge is 2.25. The van der Waals surface area contributed by atoms with E-state index in [-0.39, 0.29) is 11.3 Å². The zero-order valence-corrected chi connectivity index (χ0v) is 14.7. The lowest BCUT2D eigenvalue weighted by Gasteiger charge is -2.29. The number of hydrogen-bond donors (Lipinski definition) is 2. The zero-order chi connectivity index (χ0) is 16.3. The average Bonchev–Trinajstić information content (AvgIpc) is 2.80. The van der Waals surface area contributed by atoms with Crippen molar-refractivity contribution in [1.29, 1.82) is 0 Å². The smallest absolute Gasteiger partial charge is 0.230 e. The summed E-state index contributed by atoms with van der Waals surface area (Å²) in [4.78, 5) is 12.1. The van der Waals surface area contributed by atoms with E-state index >= 15 is 0 Å². The van der Waals surface area contributed by atoms with Crippen LogP contribution in [0.1, 0.15) is 59.2 Å². The van der Waals surface area contributed by atoms with Crippen LogP contribution in [0, 0.1) is 5.92 Å². The van der Waals surface area contributed by atoms with E-state index in [2.05, 4.69) is 22.4 Å². The number of thioether (sulfide) groups is 1. The van der Waals surface area contributed by atoms with Crippen LogP contribution in [0.25, 0.3) is 0 Å². The standard InChI is InChI=1S/C15H27N5OS/c1-10-7-5-6-8-11(10)17-12(21)9-22-14-19-18-13(20(14)16)15(2,3)4/h10-11H,5-9,16H2,1-4H3,(H,17,21)/t10-,11+/m0/s1. The molecule has 2 atom stereocenters. The molecule has 124 valence electrons. The summed E-state index contributed by atoms with van der Waals surface area (Å²) in [6, 6.07) is 0.308. The maximum Gasteiger partial charge on any atom is 0.230 e. The van der Waals surface area contributed by atoms with E-state index in [1.807, 2.05) is 20.8 Å². The van der Waals surface area contributed by atoms with E-state index in [0.29, 0.717) is 22.9 Å². The van der Waals surface area contributed by atoms with E-state index in [1.54, 1.807) is 0 Å². The van der Waals surface area contributed by atoms with Gasteiger partial charge in [0.05, 0.1) is 5.75 Å². The van der Waals surface area contributed by atoms with Crippen LogP contribution >= 0.6 is 11.8 Å². The van der Waals surface area contributed by atoms with E-state index in [0.717, 1.165) is 12.2 Å². The maximum absolute atomic E-state index is 12.1. The number of nitrogens with one attached hydrogen (secondary N) is 1. The molecular weight excluding hydrogens is 298 g/mol.